The Balaban J connectivity index is 2.06. The third-order valence-electron chi connectivity index (χ3n) is 2.88. The number of nitrogens with one attached hydrogen (secondary N) is 1. The van der Waals surface area contributed by atoms with E-state index in [1.807, 2.05) is 55.3 Å². The van der Waals surface area contributed by atoms with E-state index in [4.69, 9.17) is 0 Å². The van der Waals surface area contributed by atoms with Crippen LogP contribution in [0.3, 0.4) is 0 Å². The van der Waals surface area contributed by atoms with E-state index in [2.05, 4.69) is 15.5 Å². The number of carbonyl (C=O) groups excluding carboxylic acids is 1. The molecule has 1 heterocycles. The van der Waals surface area contributed by atoms with Crippen molar-refractivity contribution in [3.8, 4) is 0 Å². The van der Waals surface area contributed by atoms with Crippen LogP contribution in [0.4, 0.5) is 17.3 Å². The van der Waals surface area contributed by atoms with Crippen LogP contribution < -0.4 is 10.2 Å². The number of hydrogen-bond donors (Lipinski definition) is 1. The van der Waals surface area contributed by atoms with Gasteiger partial charge in [-0.05, 0) is 30.7 Å². The molecule has 0 saturated heterocycles. The molecule has 0 bridgehead atoms. The Labute approximate surface area is 118 Å². The Hall–Kier alpha value is -2.43. The number of carbonyl (C=O) groups is 1. The number of hydrogen-bond acceptors (Lipinski definition) is 4. The van der Waals surface area contributed by atoms with E-state index in [9.17, 15) is 4.79 Å². The lowest BCUT2D eigenvalue weighted by Crippen LogP contribution is -2.15. The fraction of sp³-hybridized carbons (Fsp3) is 0.267. The quantitative estimate of drug-likeness (QED) is 0.907. The van der Waals surface area contributed by atoms with E-state index in [0.717, 1.165) is 17.9 Å². The zero-order valence-corrected chi connectivity index (χ0v) is 11.7. The first kappa shape index (κ1) is 14.0. The summed E-state index contributed by atoms with van der Waals surface area (Å²) in [5.74, 6) is 1.17. The molecular weight excluding hydrogens is 252 g/mol. The Bertz CT molecular complexity index is 554. The van der Waals surface area contributed by atoms with Gasteiger partial charge in [-0.1, -0.05) is 25.1 Å². The van der Waals surface area contributed by atoms with Crippen LogP contribution >= 0.6 is 0 Å². The summed E-state index contributed by atoms with van der Waals surface area (Å²) in [7, 11) is 1.93. The zero-order valence-electron chi connectivity index (χ0n) is 11.7. The van der Waals surface area contributed by atoms with Gasteiger partial charge in [-0.3, -0.25) is 4.79 Å². The molecular formula is C15H18N4O. The number of rotatable bonds is 5. The zero-order chi connectivity index (χ0) is 14.4. The van der Waals surface area contributed by atoms with Crippen LogP contribution in [-0.2, 0) is 4.79 Å². The topological polar surface area (TPSA) is 58.1 Å². The summed E-state index contributed by atoms with van der Waals surface area (Å²) in [5, 5.41) is 10.9. The predicted molar refractivity (Wildman–Crippen MR) is 80.1 cm³/mol. The monoisotopic (exact) mass is 270 g/mol. The molecule has 5 nitrogen and oxygen atoms in total. The van der Waals surface area contributed by atoms with Crippen LogP contribution in [-0.4, -0.2) is 23.2 Å². The number of aromatic nitrogens is 2. The molecule has 0 aliphatic carbocycles. The van der Waals surface area contributed by atoms with Crippen molar-refractivity contribution in [2.24, 2.45) is 0 Å². The molecule has 1 amide bonds. The molecule has 0 atom stereocenters. The highest BCUT2D eigenvalue weighted by molar-refractivity contribution is 5.89. The highest BCUT2D eigenvalue weighted by Gasteiger charge is 2.07. The normalized spacial score (nSPS) is 10.1. The van der Waals surface area contributed by atoms with E-state index in [0.29, 0.717) is 12.2 Å². The summed E-state index contributed by atoms with van der Waals surface area (Å²) < 4.78 is 0. The molecule has 1 aromatic carbocycles. The molecule has 2 rings (SSSR count). The second-order valence-electron chi connectivity index (χ2n) is 4.47. The van der Waals surface area contributed by atoms with E-state index in [-0.39, 0.29) is 5.91 Å². The van der Waals surface area contributed by atoms with Gasteiger partial charge in [0, 0.05) is 19.2 Å². The summed E-state index contributed by atoms with van der Waals surface area (Å²) in [5.41, 5.74) is 1.03. The van der Waals surface area contributed by atoms with Crippen molar-refractivity contribution < 1.29 is 4.79 Å². The van der Waals surface area contributed by atoms with Crippen molar-refractivity contribution in [1.82, 2.24) is 10.2 Å². The second kappa shape index (κ2) is 6.65. The van der Waals surface area contributed by atoms with Crippen LogP contribution in [0.15, 0.2) is 42.5 Å². The molecule has 0 aliphatic rings. The Morgan fingerprint density at radius 3 is 2.50 bits per heavy atom. The van der Waals surface area contributed by atoms with Crippen molar-refractivity contribution in [2.75, 3.05) is 17.3 Å². The van der Waals surface area contributed by atoms with Crippen LogP contribution in [0.5, 0.6) is 0 Å². The molecule has 5 heteroatoms. The van der Waals surface area contributed by atoms with Crippen molar-refractivity contribution >= 4 is 23.2 Å². The van der Waals surface area contributed by atoms with Crippen LogP contribution in [0, 0.1) is 0 Å². The number of nitrogens with zero attached hydrogens (tertiary/aromatic N) is 3. The molecule has 2 aromatic rings. The Kier molecular flexibility index (Phi) is 4.65. The summed E-state index contributed by atoms with van der Waals surface area (Å²) in [6.45, 7) is 1.96. The fourth-order valence-corrected chi connectivity index (χ4v) is 1.79. The van der Waals surface area contributed by atoms with Crippen molar-refractivity contribution in [3.63, 3.8) is 0 Å². The average molecular weight is 270 g/mol. The largest absolute Gasteiger partial charge is 0.328 e. The lowest BCUT2D eigenvalue weighted by Gasteiger charge is -2.17. The summed E-state index contributed by atoms with van der Waals surface area (Å²) in [6.07, 6.45) is 1.31. The maximum atomic E-state index is 11.5. The van der Waals surface area contributed by atoms with E-state index in [1.54, 1.807) is 6.07 Å². The molecule has 104 valence electrons. The van der Waals surface area contributed by atoms with Crippen LogP contribution in [0.2, 0.25) is 0 Å². The van der Waals surface area contributed by atoms with Gasteiger partial charge in [0.15, 0.2) is 11.6 Å². The van der Waals surface area contributed by atoms with Gasteiger partial charge in [0.2, 0.25) is 5.91 Å². The highest BCUT2D eigenvalue weighted by atomic mass is 16.1. The molecule has 0 unspecified atom stereocenters. The van der Waals surface area contributed by atoms with Crippen LogP contribution in [0.25, 0.3) is 0 Å². The van der Waals surface area contributed by atoms with Gasteiger partial charge < -0.3 is 10.2 Å². The van der Waals surface area contributed by atoms with Crippen LogP contribution in [0.1, 0.15) is 19.8 Å². The van der Waals surface area contributed by atoms with Gasteiger partial charge in [-0.2, -0.15) is 0 Å². The average Bonchev–Trinajstić information content (AvgIpc) is 2.48. The second-order valence-corrected chi connectivity index (χ2v) is 4.47. The number of amides is 1. The standard InChI is InChI=1S/C15H18N4O/c1-3-7-15(20)16-13-10-11-14(18-17-13)19(2)12-8-5-4-6-9-12/h4-6,8-11H,3,7H2,1-2H3,(H,16,17,20). The van der Waals surface area contributed by atoms with Crippen molar-refractivity contribution in [2.45, 2.75) is 19.8 Å². The number of benzene rings is 1. The third kappa shape index (κ3) is 3.54. The molecule has 1 N–H and O–H groups in total. The van der Waals surface area contributed by atoms with Crippen molar-refractivity contribution in [1.29, 1.82) is 0 Å². The SMILES string of the molecule is CCCC(=O)Nc1ccc(N(C)c2ccccc2)nn1. The maximum absolute atomic E-state index is 11.5. The van der Waals surface area contributed by atoms with Gasteiger partial charge in [0.05, 0.1) is 0 Å². The van der Waals surface area contributed by atoms with Gasteiger partial charge in [0.25, 0.3) is 0 Å². The first-order valence-corrected chi connectivity index (χ1v) is 6.63. The minimum absolute atomic E-state index is 0.0361. The number of anilines is 3. The molecule has 0 saturated carbocycles. The summed E-state index contributed by atoms with van der Waals surface area (Å²) in [4.78, 5) is 13.4. The first-order valence-electron chi connectivity index (χ1n) is 6.63. The molecule has 0 fully saturated rings. The molecule has 0 aliphatic heterocycles. The van der Waals surface area contributed by atoms with Gasteiger partial charge in [-0.25, -0.2) is 0 Å². The Morgan fingerprint density at radius 2 is 1.90 bits per heavy atom. The van der Waals surface area contributed by atoms with E-state index >= 15 is 0 Å². The fourth-order valence-electron chi connectivity index (χ4n) is 1.79. The molecule has 1 aromatic heterocycles. The lowest BCUT2D eigenvalue weighted by atomic mass is 10.3. The molecule has 0 spiro atoms. The minimum atomic E-state index is -0.0361. The summed E-state index contributed by atoms with van der Waals surface area (Å²) >= 11 is 0. The molecule has 0 radical (unpaired) electrons. The Morgan fingerprint density at radius 1 is 1.15 bits per heavy atom. The van der Waals surface area contributed by atoms with E-state index in [1.165, 1.54) is 0 Å². The molecule has 20 heavy (non-hydrogen) atoms. The van der Waals surface area contributed by atoms with Gasteiger partial charge >= 0.3 is 0 Å². The highest BCUT2D eigenvalue weighted by Crippen LogP contribution is 2.20. The third-order valence-corrected chi connectivity index (χ3v) is 2.88. The summed E-state index contributed by atoms with van der Waals surface area (Å²) in [6, 6.07) is 13.5. The minimum Gasteiger partial charge on any atom is -0.328 e. The predicted octanol–water partition coefficient (Wildman–Crippen LogP) is 2.98. The first-order chi connectivity index (χ1) is 9.70. The number of para-hydroxylation sites is 1. The maximum Gasteiger partial charge on any atom is 0.225 e. The van der Waals surface area contributed by atoms with Crippen molar-refractivity contribution in [3.05, 3.63) is 42.5 Å². The lowest BCUT2D eigenvalue weighted by molar-refractivity contribution is -0.116. The van der Waals surface area contributed by atoms with E-state index < -0.39 is 0 Å². The smallest absolute Gasteiger partial charge is 0.225 e. The van der Waals surface area contributed by atoms with Gasteiger partial charge in [-0.15, -0.1) is 10.2 Å². The van der Waals surface area contributed by atoms with Gasteiger partial charge in [0.1, 0.15) is 0 Å².